The minimum absolute atomic E-state index is 0.0590. The summed E-state index contributed by atoms with van der Waals surface area (Å²) in [7, 11) is 0. The second-order valence-electron chi connectivity index (χ2n) is 5.69. The van der Waals surface area contributed by atoms with Crippen LogP contribution in [0.2, 0.25) is 0 Å². The lowest BCUT2D eigenvalue weighted by Crippen LogP contribution is -2.37. The SMILES string of the molecule is O=C(OCCF)N1CCCN(/[N+]([O-])=N/Oc2ccc([N+](=O)[O-])cc2[N+](=O)[O-])CC1. The highest BCUT2D eigenvalue weighted by Crippen LogP contribution is 2.31. The molecule has 158 valence electrons. The largest absolute Gasteiger partial charge is 0.569 e. The van der Waals surface area contributed by atoms with E-state index in [-0.39, 0.29) is 37.8 Å². The van der Waals surface area contributed by atoms with Crippen molar-refractivity contribution in [2.24, 2.45) is 5.28 Å². The summed E-state index contributed by atoms with van der Waals surface area (Å²) in [6.45, 7) is -0.509. The molecule has 0 atom stereocenters. The number of carbonyl (C=O) groups excluding carboxylic acids is 1. The van der Waals surface area contributed by atoms with Crippen LogP contribution in [-0.4, -0.2) is 70.3 Å². The molecule has 0 aliphatic carbocycles. The number of nitro benzene ring substituents is 2. The van der Waals surface area contributed by atoms with Gasteiger partial charge in [0.25, 0.3) is 5.69 Å². The Morgan fingerprint density at radius 3 is 2.55 bits per heavy atom. The molecule has 1 aliphatic rings. The Hall–Kier alpha value is -3.78. The molecule has 1 saturated heterocycles. The maximum Gasteiger partial charge on any atom is 0.409 e. The summed E-state index contributed by atoms with van der Waals surface area (Å²) in [5.74, 6) is -0.451. The van der Waals surface area contributed by atoms with Gasteiger partial charge in [-0.2, -0.15) is 0 Å². The molecule has 1 heterocycles. The van der Waals surface area contributed by atoms with Crippen molar-refractivity contribution >= 4 is 17.5 Å². The van der Waals surface area contributed by atoms with Gasteiger partial charge in [0.15, 0.2) is 0 Å². The Labute approximate surface area is 162 Å². The third kappa shape index (κ3) is 5.85. The molecule has 0 aromatic heterocycles. The summed E-state index contributed by atoms with van der Waals surface area (Å²) in [5.41, 5.74) is -1.25. The molecule has 29 heavy (non-hydrogen) atoms. The van der Waals surface area contributed by atoms with Crippen molar-refractivity contribution < 1.29 is 33.6 Å². The Bertz CT molecular complexity index is 806. The molecule has 1 aromatic carbocycles. The van der Waals surface area contributed by atoms with Crippen LogP contribution in [0.25, 0.3) is 0 Å². The van der Waals surface area contributed by atoms with E-state index >= 15 is 0 Å². The summed E-state index contributed by atoms with van der Waals surface area (Å²) in [5, 5.41) is 38.3. The highest BCUT2D eigenvalue weighted by Gasteiger charge is 2.25. The predicted octanol–water partition coefficient (Wildman–Crippen LogP) is 1.79. The van der Waals surface area contributed by atoms with Gasteiger partial charge in [-0.1, -0.05) is 0 Å². The number of benzene rings is 1. The number of amides is 1. The van der Waals surface area contributed by atoms with Gasteiger partial charge in [0, 0.05) is 19.2 Å². The van der Waals surface area contributed by atoms with Crippen molar-refractivity contribution in [1.29, 1.82) is 0 Å². The van der Waals surface area contributed by atoms with E-state index in [2.05, 4.69) is 5.28 Å². The van der Waals surface area contributed by atoms with Crippen LogP contribution < -0.4 is 4.84 Å². The van der Waals surface area contributed by atoms with Gasteiger partial charge in [0.2, 0.25) is 11.0 Å². The number of nitro groups is 2. The van der Waals surface area contributed by atoms with E-state index in [1.807, 2.05) is 0 Å². The minimum atomic E-state index is -0.903. The number of alkyl halides is 1. The second-order valence-corrected chi connectivity index (χ2v) is 5.69. The fourth-order valence-electron chi connectivity index (χ4n) is 2.44. The van der Waals surface area contributed by atoms with Gasteiger partial charge in [-0.25, -0.2) is 9.18 Å². The third-order valence-electron chi connectivity index (χ3n) is 3.83. The number of halogens is 1. The van der Waals surface area contributed by atoms with Crippen molar-refractivity contribution in [2.75, 3.05) is 39.5 Å². The average molecular weight is 416 g/mol. The lowest BCUT2D eigenvalue weighted by atomic mass is 10.2. The van der Waals surface area contributed by atoms with E-state index in [1.54, 1.807) is 0 Å². The number of hydrazine groups is 1. The molecule has 2 rings (SSSR count). The van der Waals surface area contributed by atoms with Gasteiger partial charge < -0.3 is 14.8 Å². The van der Waals surface area contributed by atoms with Crippen LogP contribution in [0, 0.1) is 25.4 Å². The molecule has 0 saturated carbocycles. The first-order valence-corrected chi connectivity index (χ1v) is 8.34. The number of nitrogens with zero attached hydrogens (tertiary/aromatic N) is 6. The average Bonchev–Trinajstić information content (AvgIpc) is 2.96. The monoisotopic (exact) mass is 416 g/mol. The van der Waals surface area contributed by atoms with Gasteiger partial charge in [0.1, 0.15) is 13.3 Å². The molecule has 0 radical (unpaired) electrons. The topological polar surface area (TPSA) is 167 Å². The van der Waals surface area contributed by atoms with E-state index in [1.165, 1.54) is 9.91 Å². The van der Waals surface area contributed by atoms with Crippen molar-refractivity contribution in [3.05, 3.63) is 43.6 Å². The first-order valence-electron chi connectivity index (χ1n) is 8.34. The van der Waals surface area contributed by atoms with Crippen molar-refractivity contribution in [1.82, 2.24) is 9.91 Å². The van der Waals surface area contributed by atoms with Crippen LogP contribution >= 0.6 is 0 Å². The molecule has 0 unspecified atom stereocenters. The summed E-state index contributed by atoms with van der Waals surface area (Å²) in [6, 6.07) is 2.62. The molecule has 0 bridgehead atoms. The number of ether oxygens (including phenoxy) is 1. The normalized spacial score (nSPS) is 14.9. The van der Waals surface area contributed by atoms with Crippen molar-refractivity contribution in [3.8, 4) is 5.75 Å². The lowest BCUT2D eigenvalue weighted by molar-refractivity contribution is -0.706. The lowest BCUT2D eigenvalue weighted by Gasteiger charge is -2.19. The number of carbonyl (C=O) groups is 1. The predicted molar refractivity (Wildman–Crippen MR) is 91.5 cm³/mol. The van der Waals surface area contributed by atoms with Gasteiger partial charge in [-0.15, -0.1) is 5.01 Å². The standard InChI is InChI=1S/C14H17FN6O8/c15-4-9-28-14(22)17-5-1-6-18(8-7-17)21(27)16-29-13-3-2-11(19(23)24)10-12(13)20(25)26/h2-3,10H,1,4-9H2/b21-16-. The number of hydrogen-bond acceptors (Lipinski definition) is 9. The molecule has 1 aromatic rings. The summed E-state index contributed by atoms with van der Waals surface area (Å²) in [6.07, 6.45) is -0.312. The molecule has 15 heteroatoms. The first kappa shape index (κ1) is 21.5. The van der Waals surface area contributed by atoms with E-state index in [0.717, 1.165) is 12.1 Å². The van der Waals surface area contributed by atoms with Gasteiger partial charge >= 0.3 is 11.8 Å². The van der Waals surface area contributed by atoms with Gasteiger partial charge in [-0.05, 0) is 12.5 Å². The zero-order valence-electron chi connectivity index (χ0n) is 15.0. The quantitative estimate of drug-likeness (QED) is 0.278. The van der Waals surface area contributed by atoms with E-state index in [0.29, 0.717) is 12.5 Å². The van der Waals surface area contributed by atoms with E-state index in [4.69, 9.17) is 9.57 Å². The summed E-state index contributed by atoms with van der Waals surface area (Å²) >= 11 is 0. The third-order valence-corrected chi connectivity index (χ3v) is 3.83. The molecular weight excluding hydrogens is 399 g/mol. The Morgan fingerprint density at radius 2 is 1.90 bits per heavy atom. The molecule has 14 nitrogen and oxygen atoms in total. The molecule has 0 N–H and O–H groups in total. The zero-order chi connectivity index (χ0) is 21.4. The highest BCUT2D eigenvalue weighted by molar-refractivity contribution is 5.67. The van der Waals surface area contributed by atoms with Crippen LogP contribution in [0.1, 0.15) is 6.42 Å². The number of non-ortho nitro benzene ring substituents is 1. The molecule has 1 fully saturated rings. The van der Waals surface area contributed by atoms with E-state index < -0.39 is 39.7 Å². The Kier molecular flexibility index (Phi) is 7.39. The maximum atomic E-state index is 12.1. The van der Waals surface area contributed by atoms with Crippen molar-refractivity contribution in [2.45, 2.75) is 6.42 Å². The zero-order valence-corrected chi connectivity index (χ0v) is 15.0. The second kappa shape index (κ2) is 9.95. The van der Waals surface area contributed by atoms with Crippen LogP contribution in [0.3, 0.4) is 0 Å². The molecule has 0 spiro atoms. The molecule has 1 amide bonds. The van der Waals surface area contributed by atoms with Crippen LogP contribution in [0.15, 0.2) is 23.5 Å². The fraction of sp³-hybridized carbons (Fsp3) is 0.500. The molecular formula is C14H17FN6O8. The minimum Gasteiger partial charge on any atom is -0.569 e. The Morgan fingerprint density at radius 1 is 1.14 bits per heavy atom. The summed E-state index contributed by atoms with van der Waals surface area (Å²) < 4.78 is 16.8. The van der Waals surface area contributed by atoms with Gasteiger partial charge in [-0.3, -0.25) is 25.1 Å². The maximum absolute atomic E-state index is 12.1. The molecule has 1 aliphatic heterocycles. The highest BCUT2D eigenvalue weighted by atomic mass is 19.1. The van der Waals surface area contributed by atoms with Crippen LogP contribution in [0.4, 0.5) is 20.6 Å². The summed E-state index contributed by atoms with van der Waals surface area (Å²) in [4.78, 5) is 38.0. The van der Waals surface area contributed by atoms with Crippen LogP contribution in [0.5, 0.6) is 5.75 Å². The van der Waals surface area contributed by atoms with E-state index in [9.17, 15) is 34.6 Å². The van der Waals surface area contributed by atoms with Gasteiger partial charge in [0.05, 0.1) is 34.0 Å². The Balaban J connectivity index is 2.04. The van der Waals surface area contributed by atoms with Crippen LogP contribution in [-0.2, 0) is 4.74 Å². The smallest absolute Gasteiger partial charge is 0.409 e. The number of rotatable bonds is 7. The van der Waals surface area contributed by atoms with Crippen molar-refractivity contribution in [3.63, 3.8) is 0 Å². The fourth-order valence-corrected chi connectivity index (χ4v) is 2.44. The first-order chi connectivity index (χ1) is 13.8. The number of hydrogen-bond donors (Lipinski definition) is 0.